The van der Waals surface area contributed by atoms with Crippen molar-refractivity contribution >= 4 is 17.6 Å². The number of hydrogen-bond acceptors (Lipinski definition) is 6. The third-order valence-corrected chi connectivity index (χ3v) is 5.48. The first-order valence-electron chi connectivity index (χ1n) is 8.88. The molecular weight excluding hydrogens is 330 g/mol. The zero-order valence-corrected chi connectivity index (χ0v) is 14.2. The van der Waals surface area contributed by atoms with Crippen molar-refractivity contribution in [3.05, 3.63) is 48.8 Å². The van der Waals surface area contributed by atoms with E-state index in [1.54, 1.807) is 41.6 Å². The van der Waals surface area contributed by atoms with Crippen LogP contribution in [0, 0.1) is 17.8 Å². The van der Waals surface area contributed by atoms with Crippen molar-refractivity contribution in [3.8, 4) is 0 Å². The minimum absolute atomic E-state index is 0.0850. The summed E-state index contributed by atoms with van der Waals surface area (Å²) < 4.78 is 1.75. The van der Waals surface area contributed by atoms with Gasteiger partial charge in [-0.3, -0.25) is 9.20 Å². The molecule has 26 heavy (non-hydrogen) atoms. The maximum absolute atomic E-state index is 12.3. The van der Waals surface area contributed by atoms with Crippen molar-refractivity contribution in [2.24, 2.45) is 17.8 Å². The number of amides is 1. The zero-order valence-electron chi connectivity index (χ0n) is 14.2. The van der Waals surface area contributed by atoms with Crippen LogP contribution in [-0.2, 0) is 0 Å². The van der Waals surface area contributed by atoms with Crippen LogP contribution in [-0.4, -0.2) is 49.9 Å². The summed E-state index contributed by atoms with van der Waals surface area (Å²) in [7, 11) is 0. The molecule has 1 aliphatic carbocycles. The minimum atomic E-state index is -0.0850. The number of carbonyl (C=O) groups excluding carboxylic acids is 1. The van der Waals surface area contributed by atoms with Crippen LogP contribution < -0.4 is 10.2 Å². The van der Waals surface area contributed by atoms with Crippen molar-refractivity contribution in [1.82, 2.24) is 29.7 Å². The molecule has 2 aliphatic rings. The summed E-state index contributed by atoms with van der Waals surface area (Å²) in [6.45, 7) is 2.74. The van der Waals surface area contributed by atoms with Crippen LogP contribution in [0.3, 0.4) is 0 Å². The Kier molecular flexibility index (Phi) is 3.55. The van der Waals surface area contributed by atoms with Crippen LogP contribution in [0.5, 0.6) is 0 Å². The first-order chi connectivity index (χ1) is 12.8. The Morgan fingerprint density at radius 3 is 2.73 bits per heavy atom. The predicted octanol–water partition coefficient (Wildman–Crippen LogP) is 1.02. The van der Waals surface area contributed by atoms with Crippen molar-refractivity contribution in [2.75, 3.05) is 24.5 Å². The fraction of sp³-hybridized carbons (Fsp3) is 0.389. The van der Waals surface area contributed by atoms with Gasteiger partial charge in [-0.25, -0.2) is 19.9 Å². The number of aromatic nitrogens is 5. The lowest BCUT2D eigenvalue weighted by Gasteiger charge is -2.19. The molecule has 3 aromatic rings. The third-order valence-electron chi connectivity index (χ3n) is 5.48. The van der Waals surface area contributed by atoms with Gasteiger partial charge in [0.05, 0.1) is 5.56 Å². The largest absolute Gasteiger partial charge is 0.352 e. The molecule has 132 valence electrons. The SMILES string of the molecule is O=C(NCC[C@@H]1[C@H]2CN(c3ncccn3)C[C@@H]12)c1cnc2nccn2c1. The van der Waals surface area contributed by atoms with Gasteiger partial charge in [0.1, 0.15) is 0 Å². The standard InChI is InChI=1S/C18H19N7O/c26-16(12-8-23-18-22-6-7-24(18)9-12)19-5-2-13-14-10-25(11-15(13)14)17-20-3-1-4-21-17/h1,3-4,6-9,13-15H,2,5,10-11H2,(H,19,26)/t13-,14-,15+. The summed E-state index contributed by atoms with van der Waals surface area (Å²) >= 11 is 0. The summed E-state index contributed by atoms with van der Waals surface area (Å²) in [5.74, 6) is 3.45. The molecule has 1 N–H and O–H groups in total. The second-order valence-corrected chi connectivity index (χ2v) is 6.97. The first-order valence-corrected chi connectivity index (χ1v) is 8.88. The molecule has 1 amide bonds. The lowest BCUT2D eigenvalue weighted by atomic mass is 10.2. The minimum Gasteiger partial charge on any atom is -0.352 e. The van der Waals surface area contributed by atoms with Crippen LogP contribution in [0.4, 0.5) is 5.95 Å². The number of nitrogens with one attached hydrogen (secondary N) is 1. The molecule has 3 atom stereocenters. The van der Waals surface area contributed by atoms with Gasteiger partial charge in [-0.15, -0.1) is 0 Å². The van der Waals surface area contributed by atoms with Crippen LogP contribution in [0.15, 0.2) is 43.2 Å². The fourth-order valence-electron chi connectivity index (χ4n) is 4.08. The summed E-state index contributed by atoms with van der Waals surface area (Å²) in [4.78, 5) is 31.4. The Morgan fingerprint density at radius 2 is 1.92 bits per heavy atom. The monoisotopic (exact) mass is 349 g/mol. The van der Waals surface area contributed by atoms with Gasteiger partial charge in [0.15, 0.2) is 0 Å². The highest BCUT2D eigenvalue weighted by Crippen LogP contribution is 2.53. The quantitative estimate of drug-likeness (QED) is 0.740. The highest BCUT2D eigenvalue weighted by Gasteiger charge is 2.55. The number of fused-ring (bicyclic) bond motifs is 2. The molecule has 5 rings (SSSR count). The number of hydrogen-bond donors (Lipinski definition) is 1. The Hall–Kier alpha value is -3.03. The maximum Gasteiger partial charge on any atom is 0.254 e. The summed E-state index contributed by atoms with van der Waals surface area (Å²) in [6, 6.07) is 1.84. The van der Waals surface area contributed by atoms with E-state index in [2.05, 4.69) is 30.2 Å². The van der Waals surface area contributed by atoms with Gasteiger partial charge < -0.3 is 10.2 Å². The van der Waals surface area contributed by atoms with Gasteiger partial charge in [-0.1, -0.05) is 0 Å². The molecule has 3 aromatic heterocycles. The molecule has 1 saturated carbocycles. The van der Waals surface area contributed by atoms with Gasteiger partial charge in [-0.05, 0) is 30.2 Å². The maximum atomic E-state index is 12.3. The predicted molar refractivity (Wildman–Crippen MR) is 94.7 cm³/mol. The van der Waals surface area contributed by atoms with E-state index in [9.17, 15) is 4.79 Å². The number of anilines is 1. The van der Waals surface area contributed by atoms with Gasteiger partial charge >= 0.3 is 0 Å². The van der Waals surface area contributed by atoms with Crippen molar-refractivity contribution in [1.29, 1.82) is 0 Å². The number of piperidine rings is 1. The van der Waals surface area contributed by atoms with Gasteiger partial charge in [0.25, 0.3) is 5.91 Å². The summed E-state index contributed by atoms with van der Waals surface area (Å²) in [6.07, 6.45) is 11.4. The van der Waals surface area contributed by atoms with E-state index in [0.29, 0.717) is 35.6 Å². The van der Waals surface area contributed by atoms with Crippen LogP contribution in [0.25, 0.3) is 5.78 Å². The highest BCUT2D eigenvalue weighted by molar-refractivity contribution is 5.93. The molecule has 1 saturated heterocycles. The van der Waals surface area contributed by atoms with E-state index in [1.807, 2.05) is 6.07 Å². The molecule has 0 unspecified atom stereocenters. The Bertz CT molecular complexity index is 929. The molecule has 4 heterocycles. The van der Waals surface area contributed by atoms with E-state index in [1.165, 1.54) is 0 Å². The average molecular weight is 349 g/mol. The number of nitrogens with zero attached hydrogens (tertiary/aromatic N) is 6. The second kappa shape index (κ2) is 6.05. The number of imidazole rings is 1. The van der Waals surface area contributed by atoms with E-state index >= 15 is 0 Å². The highest BCUT2D eigenvalue weighted by atomic mass is 16.1. The van der Waals surface area contributed by atoms with Crippen molar-refractivity contribution in [2.45, 2.75) is 6.42 Å². The van der Waals surface area contributed by atoms with Crippen LogP contribution >= 0.6 is 0 Å². The molecule has 0 spiro atoms. The molecule has 0 radical (unpaired) electrons. The summed E-state index contributed by atoms with van der Waals surface area (Å²) in [5, 5.41) is 3.01. The lowest BCUT2D eigenvalue weighted by molar-refractivity contribution is 0.0951. The average Bonchev–Trinajstić information content (AvgIpc) is 3.07. The molecule has 0 bridgehead atoms. The zero-order chi connectivity index (χ0) is 17.5. The molecule has 2 fully saturated rings. The normalized spacial score (nSPS) is 23.8. The molecule has 0 aromatic carbocycles. The van der Waals surface area contributed by atoms with Gasteiger partial charge in [-0.2, -0.15) is 0 Å². The second-order valence-electron chi connectivity index (χ2n) is 6.97. The summed E-state index contributed by atoms with van der Waals surface area (Å²) in [5.41, 5.74) is 0.555. The number of rotatable bonds is 5. The van der Waals surface area contributed by atoms with Gasteiger partial charge in [0, 0.05) is 56.8 Å². The smallest absolute Gasteiger partial charge is 0.254 e. The van der Waals surface area contributed by atoms with Crippen LogP contribution in [0.1, 0.15) is 16.8 Å². The van der Waals surface area contributed by atoms with Crippen LogP contribution in [0.2, 0.25) is 0 Å². The Balaban J connectivity index is 1.10. The van der Waals surface area contributed by atoms with E-state index in [0.717, 1.165) is 25.5 Å². The van der Waals surface area contributed by atoms with E-state index < -0.39 is 0 Å². The van der Waals surface area contributed by atoms with E-state index in [-0.39, 0.29) is 5.91 Å². The number of carbonyl (C=O) groups is 1. The van der Waals surface area contributed by atoms with Crippen molar-refractivity contribution in [3.63, 3.8) is 0 Å². The van der Waals surface area contributed by atoms with Crippen molar-refractivity contribution < 1.29 is 4.79 Å². The Morgan fingerprint density at radius 1 is 1.12 bits per heavy atom. The lowest BCUT2D eigenvalue weighted by Crippen LogP contribution is -2.28. The topological polar surface area (TPSA) is 88.3 Å². The Labute approximate surface area is 150 Å². The molecule has 8 heteroatoms. The molecule has 8 nitrogen and oxygen atoms in total. The fourth-order valence-corrected chi connectivity index (χ4v) is 4.08. The third kappa shape index (κ3) is 2.67. The van der Waals surface area contributed by atoms with Gasteiger partial charge in [0.2, 0.25) is 11.7 Å². The molecular formula is C18H19N7O. The van der Waals surface area contributed by atoms with E-state index in [4.69, 9.17) is 0 Å². The molecule has 1 aliphatic heterocycles. The first kappa shape index (κ1) is 15.2.